The fraction of sp³-hybridized carbons (Fsp3) is 0.286. The van der Waals surface area contributed by atoms with Crippen LogP contribution >= 0.6 is 0 Å². The van der Waals surface area contributed by atoms with Gasteiger partial charge in [-0.05, 0) is 37.1 Å². The maximum atomic E-state index is 13.4. The van der Waals surface area contributed by atoms with Crippen LogP contribution in [-0.2, 0) is 12.8 Å². The minimum Gasteiger partial charge on any atom is -0.237 e. The second-order valence-corrected chi connectivity index (χ2v) is 4.06. The molecule has 18 heavy (non-hydrogen) atoms. The Balaban J connectivity index is 2.57. The molecular weight excluding hydrogens is 229 g/mol. The van der Waals surface area contributed by atoms with Gasteiger partial charge >= 0.3 is 0 Å². The predicted molar refractivity (Wildman–Crippen MR) is 67.0 cm³/mol. The third-order valence-electron chi connectivity index (χ3n) is 2.81. The molecule has 2 aromatic rings. The third kappa shape index (κ3) is 2.25. The molecule has 0 N–H and O–H groups in total. The smallest absolute Gasteiger partial charge is 0.126 e. The van der Waals surface area contributed by atoms with Crippen LogP contribution in [0.25, 0.3) is 5.69 Å². The molecule has 0 saturated carbocycles. The van der Waals surface area contributed by atoms with E-state index in [-0.39, 0.29) is 0 Å². The van der Waals surface area contributed by atoms with Crippen LogP contribution in [0.3, 0.4) is 0 Å². The van der Waals surface area contributed by atoms with Crippen LogP contribution in [0.15, 0.2) is 24.3 Å². The standard InChI is InChI=1S/C14H14FN3/c1-3-12-8-13(4-2)18(17-12)14-6-10(9-16)5-11(15)7-14/h5-8H,3-4H2,1-2H3. The number of benzene rings is 1. The van der Waals surface area contributed by atoms with E-state index in [1.165, 1.54) is 12.1 Å². The summed E-state index contributed by atoms with van der Waals surface area (Å²) in [5.41, 5.74) is 2.89. The second kappa shape index (κ2) is 5.01. The number of nitriles is 1. The van der Waals surface area contributed by atoms with E-state index >= 15 is 0 Å². The summed E-state index contributed by atoms with van der Waals surface area (Å²) in [5, 5.41) is 13.3. The summed E-state index contributed by atoms with van der Waals surface area (Å²) in [7, 11) is 0. The molecule has 0 atom stereocenters. The van der Waals surface area contributed by atoms with Crippen molar-refractivity contribution in [1.29, 1.82) is 5.26 Å². The van der Waals surface area contributed by atoms with E-state index in [4.69, 9.17) is 5.26 Å². The van der Waals surface area contributed by atoms with Crippen molar-refractivity contribution in [3.05, 3.63) is 47.0 Å². The van der Waals surface area contributed by atoms with Crippen LogP contribution < -0.4 is 0 Å². The van der Waals surface area contributed by atoms with Crippen LogP contribution in [0.4, 0.5) is 4.39 Å². The molecule has 0 spiro atoms. The highest BCUT2D eigenvalue weighted by Gasteiger charge is 2.09. The molecule has 0 amide bonds. The number of hydrogen-bond acceptors (Lipinski definition) is 2. The zero-order valence-corrected chi connectivity index (χ0v) is 10.4. The van der Waals surface area contributed by atoms with Gasteiger partial charge in [0.05, 0.1) is 23.0 Å². The Bertz CT molecular complexity index is 608. The lowest BCUT2D eigenvalue weighted by Gasteiger charge is -2.06. The van der Waals surface area contributed by atoms with Gasteiger partial charge in [-0.2, -0.15) is 10.4 Å². The lowest BCUT2D eigenvalue weighted by atomic mass is 10.2. The quantitative estimate of drug-likeness (QED) is 0.831. The molecule has 1 aromatic heterocycles. The average Bonchev–Trinajstić information content (AvgIpc) is 2.81. The van der Waals surface area contributed by atoms with E-state index in [9.17, 15) is 4.39 Å². The van der Waals surface area contributed by atoms with Gasteiger partial charge in [-0.1, -0.05) is 13.8 Å². The Morgan fingerprint density at radius 1 is 1.22 bits per heavy atom. The Morgan fingerprint density at radius 3 is 2.61 bits per heavy atom. The van der Waals surface area contributed by atoms with Crippen molar-refractivity contribution in [2.75, 3.05) is 0 Å². The van der Waals surface area contributed by atoms with Crippen molar-refractivity contribution in [2.24, 2.45) is 0 Å². The summed E-state index contributed by atoms with van der Waals surface area (Å²) in [6.07, 6.45) is 1.64. The molecule has 0 aliphatic rings. The molecule has 0 unspecified atom stereocenters. The zero-order valence-electron chi connectivity index (χ0n) is 10.4. The molecule has 2 rings (SSSR count). The molecule has 0 aliphatic carbocycles. The average molecular weight is 243 g/mol. The number of aromatic nitrogens is 2. The van der Waals surface area contributed by atoms with E-state index in [0.717, 1.165) is 24.2 Å². The highest BCUT2D eigenvalue weighted by molar-refractivity contribution is 5.42. The van der Waals surface area contributed by atoms with Crippen molar-refractivity contribution < 1.29 is 4.39 Å². The number of aryl methyl sites for hydroxylation is 2. The van der Waals surface area contributed by atoms with E-state index in [0.29, 0.717) is 11.3 Å². The normalized spacial score (nSPS) is 10.3. The van der Waals surface area contributed by atoms with Crippen molar-refractivity contribution in [3.63, 3.8) is 0 Å². The first kappa shape index (κ1) is 12.3. The van der Waals surface area contributed by atoms with E-state index in [1.54, 1.807) is 10.7 Å². The van der Waals surface area contributed by atoms with Crippen LogP contribution in [0.1, 0.15) is 30.8 Å². The SMILES string of the molecule is CCc1cc(CC)n(-c2cc(F)cc(C#N)c2)n1. The molecule has 3 nitrogen and oxygen atoms in total. The van der Waals surface area contributed by atoms with Crippen molar-refractivity contribution in [1.82, 2.24) is 9.78 Å². The number of nitrogens with zero attached hydrogens (tertiary/aromatic N) is 3. The van der Waals surface area contributed by atoms with E-state index < -0.39 is 5.82 Å². The maximum Gasteiger partial charge on any atom is 0.126 e. The summed E-state index contributed by atoms with van der Waals surface area (Å²) in [5.74, 6) is -0.417. The molecule has 4 heteroatoms. The van der Waals surface area contributed by atoms with Gasteiger partial charge in [0.2, 0.25) is 0 Å². The van der Waals surface area contributed by atoms with Crippen LogP contribution in [-0.4, -0.2) is 9.78 Å². The molecule has 0 bridgehead atoms. The lowest BCUT2D eigenvalue weighted by Crippen LogP contribution is -2.02. The van der Waals surface area contributed by atoms with Gasteiger partial charge in [-0.25, -0.2) is 9.07 Å². The van der Waals surface area contributed by atoms with Crippen molar-refractivity contribution >= 4 is 0 Å². The largest absolute Gasteiger partial charge is 0.237 e. The molecular formula is C14H14FN3. The Labute approximate surface area is 105 Å². The van der Waals surface area contributed by atoms with Gasteiger partial charge in [-0.3, -0.25) is 0 Å². The first-order valence-corrected chi connectivity index (χ1v) is 5.96. The fourth-order valence-electron chi connectivity index (χ4n) is 1.88. The van der Waals surface area contributed by atoms with Gasteiger partial charge in [0.25, 0.3) is 0 Å². The van der Waals surface area contributed by atoms with Gasteiger partial charge in [0, 0.05) is 5.69 Å². The first-order chi connectivity index (χ1) is 8.67. The van der Waals surface area contributed by atoms with E-state index in [1.807, 2.05) is 26.0 Å². The van der Waals surface area contributed by atoms with Crippen LogP contribution in [0.2, 0.25) is 0 Å². The molecule has 92 valence electrons. The predicted octanol–water partition coefficient (Wildman–Crippen LogP) is 3.01. The zero-order chi connectivity index (χ0) is 13.1. The first-order valence-electron chi connectivity index (χ1n) is 5.96. The summed E-state index contributed by atoms with van der Waals surface area (Å²) in [4.78, 5) is 0. The molecule has 1 heterocycles. The van der Waals surface area contributed by atoms with Gasteiger partial charge in [0.1, 0.15) is 5.82 Å². The molecule has 0 saturated heterocycles. The number of halogens is 1. The van der Waals surface area contributed by atoms with Crippen LogP contribution in [0, 0.1) is 17.1 Å². The van der Waals surface area contributed by atoms with Crippen molar-refractivity contribution in [2.45, 2.75) is 26.7 Å². The number of hydrogen-bond donors (Lipinski definition) is 0. The third-order valence-corrected chi connectivity index (χ3v) is 2.81. The fourth-order valence-corrected chi connectivity index (χ4v) is 1.88. The summed E-state index contributed by atoms with van der Waals surface area (Å²) in [6.45, 7) is 4.05. The molecule has 1 aromatic carbocycles. The number of rotatable bonds is 3. The Kier molecular flexibility index (Phi) is 3.42. The molecule has 0 radical (unpaired) electrons. The second-order valence-electron chi connectivity index (χ2n) is 4.06. The van der Waals surface area contributed by atoms with Crippen molar-refractivity contribution in [3.8, 4) is 11.8 Å². The van der Waals surface area contributed by atoms with Gasteiger partial charge in [-0.15, -0.1) is 0 Å². The Morgan fingerprint density at radius 2 is 2.00 bits per heavy atom. The van der Waals surface area contributed by atoms with Gasteiger partial charge < -0.3 is 0 Å². The molecule has 0 aliphatic heterocycles. The minimum atomic E-state index is -0.417. The van der Waals surface area contributed by atoms with Gasteiger partial charge in [0.15, 0.2) is 0 Å². The highest BCUT2D eigenvalue weighted by atomic mass is 19.1. The minimum absolute atomic E-state index is 0.306. The van der Waals surface area contributed by atoms with Crippen LogP contribution in [0.5, 0.6) is 0 Å². The molecule has 0 fully saturated rings. The Hall–Kier alpha value is -2.15. The maximum absolute atomic E-state index is 13.4. The lowest BCUT2D eigenvalue weighted by molar-refractivity contribution is 0.624. The summed E-state index contributed by atoms with van der Waals surface area (Å²) < 4.78 is 15.1. The highest BCUT2D eigenvalue weighted by Crippen LogP contribution is 2.17. The summed E-state index contributed by atoms with van der Waals surface area (Å²) >= 11 is 0. The summed E-state index contributed by atoms with van der Waals surface area (Å²) in [6, 6.07) is 8.23. The van der Waals surface area contributed by atoms with E-state index in [2.05, 4.69) is 5.10 Å². The topological polar surface area (TPSA) is 41.6 Å². The monoisotopic (exact) mass is 243 g/mol.